The van der Waals surface area contributed by atoms with E-state index in [1.54, 1.807) is 11.6 Å². The lowest BCUT2D eigenvalue weighted by molar-refractivity contribution is 0.272. The van der Waals surface area contributed by atoms with Crippen LogP contribution in [0.1, 0.15) is 33.4 Å². The van der Waals surface area contributed by atoms with E-state index in [1.807, 2.05) is 0 Å². The number of aliphatic hydroxyl groups is 1. The summed E-state index contributed by atoms with van der Waals surface area (Å²) in [5, 5.41) is 9.13. The van der Waals surface area contributed by atoms with Crippen LogP contribution in [0.15, 0.2) is 17.2 Å². The molecule has 0 fully saturated rings. The van der Waals surface area contributed by atoms with Crippen LogP contribution < -0.4 is 4.72 Å². The van der Waals surface area contributed by atoms with Gasteiger partial charge in [0.05, 0.1) is 11.5 Å². The Bertz CT molecular complexity index is 525. The standard InChI is InChI=1S/C14H26N2O3S/c1-10(2)14(11(3)4)7-15-20(18,19)13-6-12(9-17)16(5)8-13/h6,8,10-11,14-15,17H,7,9H2,1-5H3. The normalized spacial score (nSPS) is 12.8. The van der Waals surface area contributed by atoms with Gasteiger partial charge in [-0.15, -0.1) is 0 Å². The van der Waals surface area contributed by atoms with Crippen molar-refractivity contribution in [2.45, 2.75) is 39.2 Å². The molecule has 2 N–H and O–H groups in total. The number of hydrogen-bond acceptors (Lipinski definition) is 3. The van der Waals surface area contributed by atoms with E-state index in [0.29, 0.717) is 30.0 Å². The summed E-state index contributed by atoms with van der Waals surface area (Å²) in [5.74, 6) is 1.13. The minimum absolute atomic E-state index is 0.174. The zero-order valence-corrected chi connectivity index (χ0v) is 13.7. The van der Waals surface area contributed by atoms with Crippen molar-refractivity contribution < 1.29 is 13.5 Å². The summed E-state index contributed by atoms with van der Waals surface area (Å²) >= 11 is 0. The SMILES string of the molecule is CC(C)C(CNS(=O)(=O)c1cc(CO)n(C)c1)C(C)C. The molecule has 0 aliphatic carbocycles. The maximum atomic E-state index is 12.3. The molecular formula is C14H26N2O3S. The van der Waals surface area contributed by atoms with Gasteiger partial charge in [0.1, 0.15) is 0 Å². The third-order valence-electron chi connectivity index (χ3n) is 3.78. The van der Waals surface area contributed by atoms with Crippen LogP contribution in [0.5, 0.6) is 0 Å². The van der Waals surface area contributed by atoms with Gasteiger partial charge in [-0.05, 0) is 23.8 Å². The number of aryl methyl sites for hydroxylation is 1. The molecule has 0 aromatic carbocycles. The Labute approximate surface area is 122 Å². The van der Waals surface area contributed by atoms with Crippen molar-refractivity contribution in [2.75, 3.05) is 6.54 Å². The van der Waals surface area contributed by atoms with E-state index in [4.69, 9.17) is 5.11 Å². The highest BCUT2D eigenvalue weighted by Crippen LogP contribution is 2.21. The monoisotopic (exact) mass is 302 g/mol. The third-order valence-corrected chi connectivity index (χ3v) is 5.17. The number of sulfonamides is 1. The lowest BCUT2D eigenvalue weighted by Crippen LogP contribution is -2.33. The van der Waals surface area contributed by atoms with Crippen LogP contribution in [0.2, 0.25) is 0 Å². The number of nitrogens with one attached hydrogen (secondary N) is 1. The van der Waals surface area contributed by atoms with Gasteiger partial charge >= 0.3 is 0 Å². The molecule has 0 saturated carbocycles. The quantitative estimate of drug-likeness (QED) is 0.805. The van der Waals surface area contributed by atoms with E-state index >= 15 is 0 Å². The van der Waals surface area contributed by atoms with Gasteiger partial charge in [0.25, 0.3) is 0 Å². The van der Waals surface area contributed by atoms with Crippen molar-refractivity contribution in [3.05, 3.63) is 18.0 Å². The van der Waals surface area contributed by atoms with E-state index in [2.05, 4.69) is 32.4 Å². The van der Waals surface area contributed by atoms with E-state index in [-0.39, 0.29) is 11.5 Å². The van der Waals surface area contributed by atoms with Crippen LogP contribution in [0.3, 0.4) is 0 Å². The van der Waals surface area contributed by atoms with E-state index in [0.717, 1.165) is 0 Å². The molecule has 0 aliphatic heterocycles. The third kappa shape index (κ3) is 4.07. The summed E-state index contributed by atoms with van der Waals surface area (Å²) in [5.41, 5.74) is 0.578. The van der Waals surface area contributed by atoms with Gasteiger partial charge < -0.3 is 9.67 Å². The van der Waals surface area contributed by atoms with Crippen LogP contribution in [-0.4, -0.2) is 24.6 Å². The molecule has 0 aliphatic rings. The molecule has 1 aromatic rings. The summed E-state index contributed by atoms with van der Waals surface area (Å²) in [6, 6.07) is 1.50. The first-order chi connectivity index (χ1) is 9.19. The predicted octanol–water partition coefficient (Wildman–Crippen LogP) is 1.72. The van der Waals surface area contributed by atoms with Gasteiger partial charge in [-0.2, -0.15) is 0 Å². The van der Waals surface area contributed by atoms with Crippen molar-refractivity contribution in [3.8, 4) is 0 Å². The molecule has 0 amide bonds. The Morgan fingerprint density at radius 3 is 2.20 bits per heavy atom. The molecule has 6 heteroatoms. The summed E-state index contributed by atoms with van der Waals surface area (Å²) in [7, 11) is -1.80. The van der Waals surface area contributed by atoms with Gasteiger partial charge in [-0.25, -0.2) is 13.1 Å². The molecule has 1 rings (SSSR count). The zero-order valence-electron chi connectivity index (χ0n) is 12.9. The topological polar surface area (TPSA) is 71.3 Å². The van der Waals surface area contributed by atoms with E-state index < -0.39 is 10.0 Å². The molecule has 20 heavy (non-hydrogen) atoms. The maximum absolute atomic E-state index is 12.3. The minimum atomic E-state index is -3.52. The van der Waals surface area contributed by atoms with Crippen LogP contribution in [0, 0.1) is 17.8 Å². The number of aromatic nitrogens is 1. The molecule has 1 heterocycles. The van der Waals surface area contributed by atoms with Gasteiger partial charge in [0.2, 0.25) is 10.0 Å². The summed E-state index contributed by atoms with van der Waals surface area (Å²) in [6.07, 6.45) is 1.52. The number of nitrogens with zero attached hydrogens (tertiary/aromatic N) is 1. The average molecular weight is 302 g/mol. The van der Waals surface area contributed by atoms with E-state index in [9.17, 15) is 8.42 Å². The van der Waals surface area contributed by atoms with Crippen molar-refractivity contribution in [3.63, 3.8) is 0 Å². The van der Waals surface area contributed by atoms with Gasteiger partial charge in [-0.3, -0.25) is 0 Å². The Kier molecular flexibility index (Phi) is 5.79. The Balaban J connectivity index is 2.84. The minimum Gasteiger partial charge on any atom is -0.390 e. The smallest absolute Gasteiger partial charge is 0.242 e. The van der Waals surface area contributed by atoms with Gasteiger partial charge in [0.15, 0.2) is 0 Å². The summed E-state index contributed by atoms with van der Waals surface area (Å²) < 4.78 is 28.8. The first-order valence-electron chi connectivity index (χ1n) is 6.94. The molecule has 0 bridgehead atoms. The van der Waals surface area contributed by atoms with Crippen molar-refractivity contribution >= 4 is 10.0 Å². The van der Waals surface area contributed by atoms with Gasteiger partial charge in [-0.1, -0.05) is 27.7 Å². The molecule has 0 spiro atoms. The Morgan fingerprint density at radius 2 is 1.80 bits per heavy atom. The van der Waals surface area contributed by atoms with Crippen LogP contribution in [-0.2, 0) is 23.7 Å². The Morgan fingerprint density at radius 1 is 1.25 bits per heavy atom. The highest BCUT2D eigenvalue weighted by molar-refractivity contribution is 7.89. The summed E-state index contributed by atoms with van der Waals surface area (Å²) in [6.45, 7) is 8.67. The molecule has 5 nitrogen and oxygen atoms in total. The first kappa shape index (κ1) is 17.2. The largest absolute Gasteiger partial charge is 0.390 e. The number of hydrogen-bond donors (Lipinski definition) is 2. The Hall–Kier alpha value is -0.850. The highest BCUT2D eigenvalue weighted by Gasteiger charge is 2.22. The summed E-state index contributed by atoms with van der Waals surface area (Å²) in [4.78, 5) is 0.204. The lowest BCUT2D eigenvalue weighted by Gasteiger charge is -2.24. The van der Waals surface area contributed by atoms with Crippen molar-refractivity contribution in [2.24, 2.45) is 24.8 Å². The molecule has 0 atom stereocenters. The fraction of sp³-hybridized carbons (Fsp3) is 0.714. The molecule has 0 unspecified atom stereocenters. The fourth-order valence-electron chi connectivity index (χ4n) is 2.41. The maximum Gasteiger partial charge on any atom is 0.242 e. The fourth-order valence-corrected chi connectivity index (χ4v) is 3.58. The predicted molar refractivity (Wildman–Crippen MR) is 79.7 cm³/mol. The number of aliphatic hydroxyl groups excluding tert-OH is 1. The first-order valence-corrected chi connectivity index (χ1v) is 8.43. The van der Waals surface area contributed by atoms with Crippen molar-refractivity contribution in [1.29, 1.82) is 0 Å². The molecule has 0 radical (unpaired) electrons. The zero-order chi connectivity index (χ0) is 15.5. The average Bonchev–Trinajstić information content (AvgIpc) is 2.70. The second kappa shape index (κ2) is 6.74. The molecule has 1 aromatic heterocycles. The molecule has 0 saturated heterocycles. The van der Waals surface area contributed by atoms with Gasteiger partial charge in [0, 0.05) is 25.5 Å². The van der Waals surface area contributed by atoms with Crippen LogP contribution >= 0.6 is 0 Å². The van der Waals surface area contributed by atoms with E-state index in [1.165, 1.54) is 12.3 Å². The second-order valence-electron chi connectivity index (χ2n) is 5.94. The lowest BCUT2D eigenvalue weighted by atomic mass is 9.86. The molecule has 116 valence electrons. The number of rotatable bonds is 7. The second-order valence-corrected chi connectivity index (χ2v) is 7.71. The van der Waals surface area contributed by atoms with Crippen LogP contribution in [0.4, 0.5) is 0 Å². The van der Waals surface area contributed by atoms with Crippen LogP contribution in [0.25, 0.3) is 0 Å². The highest BCUT2D eigenvalue weighted by atomic mass is 32.2. The molecular weight excluding hydrogens is 276 g/mol. The van der Waals surface area contributed by atoms with Crippen molar-refractivity contribution in [1.82, 2.24) is 9.29 Å².